The average molecular weight is 305 g/mol. The Morgan fingerprint density at radius 2 is 1.65 bits per heavy atom. The van der Waals surface area contributed by atoms with Gasteiger partial charge in [-0.25, -0.2) is 13.1 Å². The molecule has 0 aliphatic heterocycles. The molecule has 0 radical (unpaired) electrons. The zero-order chi connectivity index (χ0) is 15.2. The van der Waals surface area contributed by atoms with Crippen molar-refractivity contribution >= 4 is 10.0 Å². The third-order valence-corrected chi connectivity index (χ3v) is 5.44. The van der Waals surface area contributed by atoms with Crippen LogP contribution in [0.4, 0.5) is 0 Å². The van der Waals surface area contributed by atoms with Crippen molar-refractivity contribution in [1.82, 2.24) is 10.0 Å². The Morgan fingerprint density at radius 1 is 1.05 bits per heavy atom. The van der Waals surface area contributed by atoms with E-state index in [1.54, 1.807) is 0 Å². The molecule has 2 unspecified atom stereocenters. The Morgan fingerprint density at radius 3 is 2.20 bits per heavy atom. The number of unbranched alkanes of at least 4 members (excludes halogenated alkanes) is 1. The molecule has 0 amide bonds. The van der Waals surface area contributed by atoms with Crippen LogP contribution in [0, 0.1) is 11.8 Å². The normalized spacial score (nSPS) is 27.9. The van der Waals surface area contributed by atoms with E-state index in [2.05, 4.69) is 37.7 Å². The molecule has 0 aromatic carbocycles. The molecule has 0 aromatic heterocycles. The summed E-state index contributed by atoms with van der Waals surface area (Å²) in [5.41, 5.74) is 0. The van der Waals surface area contributed by atoms with E-state index in [1.165, 1.54) is 6.42 Å². The zero-order valence-corrected chi connectivity index (χ0v) is 14.3. The summed E-state index contributed by atoms with van der Waals surface area (Å²) in [5.74, 6) is 1.51. The SMILES string of the molecule is CC1CC(C)CC(NS(=O)(=O)CCCCNC(C)C)C1. The Labute approximate surface area is 125 Å². The summed E-state index contributed by atoms with van der Waals surface area (Å²) in [6.07, 6.45) is 4.83. The van der Waals surface area contributed by atoms with Crippen LogP contribution in [0.5, 0.6) is 0 Å². The number of sulfonamides is 1. The van der Waals surface area contributed by atoms with Crippen molar-refractivity contribution in [3.8, 4) is 0 Å². The predicted molar refractivity (Wildman–Crippen MR) is 85.3 cm³/mol. The van der Waals surface area contributed by atoms with Crippen LogP contribution in [0.25, 0.3) is 0 Å². The molecule has 1 saturated carbocycles. The van der Waals surface area contributed by atoms with E-state index in [9.17, 15) is 8.42 Å². The molecule has 0 aromatic rings. The largest absolute Gasteiger partial charge is 0.315 e. The minimum Gasteiger partial charge on any atom is -0.315 e. The molecule has 0 saturated heterocycles. The van der Waals surface area contributed by atoms with Crippen LogP contribution in [-0.4, -0.2) is 32.8 Å². The van der Waals surface area contributed by atoms with E-state index in [1.807, 2.05) is 0 Å². The Hall–Kier alpha value is -0.130. The van der Waals surface area contributed by atoms with Crippen LogP contribution in [0.1, 0.15) is 59.8 Å². The molecule has 1 fully saturated rings. The summed E-state index contributed by atoms with van der Waals surface area (Å²) in [7, 11) is -3.11. The molecule has 1 aliphatic rings. The maximum Gasteiger partial charge on any atom is 0.211 e. The highest BCUT2D eigenvalue weighted by Crippen LogP contribution is 2.28. The standard InChI is InChI=1S/C15H32N2O2S/c1-12(2)16-7-5-6-8-20(18,19)17-15-10-13(3)9-14(4)11-15/h12-17H,5-11H2,1-4H3. The lowest BCUT2D eigenvalue weighted by atomic mass is 9.81. The van der Waals surface area contributed by atoms with Gasteiger partial charge in [-0.1, -0.05) is 27.7 Å². The number of hydrogen-bond acceptors (Lipinski definition) is 3. The van der Waals surface area contributed by atoms with Gasteiger partial charge >= 0.3 is 0 Å². The van der Waals surface area contributed by atoms with E-state index >= 15 is 0 Å². The van der Waals surface area contributed by atoms with Crippen LogP contribution >= 0.6 is 0 Å². The van der Waals surface area contributed by atoms with Crippen molar-refractivity contribution in [3.63, 3.8) is 0 Å². The summed E-state index contributed by atoms with van der Waals surface area (Å²) in [5, 5.41) is 3.31. The average Bonchev–Trinajstić information content (AvgIpc) is 2.25. The highest BCUT2D eigenvalue weighted by Gasteiger charge is 2.26. The highest BCUT2D eigenvalue weighted by molar-refractivity contribution is 7.89. The highest BCUT2D eigenvalue weighted by atomic mass is 32.2. The van der Waals surface area contributed by atoms with Crippen molar-refractivity contribution in [1.29, 1.82) is 0 Å². The lowest BCUT2D eigenvalue weighted by molar-refractivity contribution is 0.257. The second-order valence-electron chi connectivity index (χ2n) is 6.87. The third-order valence-electron chi connectivity index (χ3n) is 3.92. The first kappa shape index (κ1) is 17.9. The van der Waals surface area contributed by atoms with Gasteiger partial charge in [-0.15, -0.1) is 0 Å². The van der Waals surface area contributed by atoms with Gasteiger partial charge in [0.2, 0.25) is 10.0 Å². The smallest absolute Gasteiger partial charge is 0.211 e. The number of nitrogens with one attached hydrogen (secondary N) is 2. The third kappa shape index (κ3) is 7.60. The second-order valence-corrected chi connectivity index (χ2v) is 8.74. The molecule has 20 heavy (non-hydrogen) atoms. The van der Waals surface area contributed by atoms with Crippen molar-refractivity contribution in [2.45, 2.75) is 71.9 Å². The molecule has 0 bridgehead atoms. The Bertz CT molecular complexity index is 358. The molecule has 0 heterocycles. The van der Waals surface area contributed by atoms with Crippen LogP contribution in [0.15, 0.2) is 0 Å². The minimum atomic E-state index is -3.11. The van der Waals surface area contributed by atoms with Crippen LogP contribution < -0.4 is 10.0 Å². The number of hydrogen-bond donors (Lipinski definition) is 2. The first-order chi connectivity index (χ1) is 9.28. The first-order valence-corrected chi connectivity index (χ1v) is 9.67. The molecule has 1 rings (SSSR count). The van der Waals surface area contributed by atoms with Gasteiger partial charge in [0, 0.05) is 12.1 Å². The molecular formula is C15H32N2O2S. The Balaban J connectivity index is 2.27. The second kappa shape index (κ2) is 8.35. The molecule has 0 spiro atoms. The van der Waals surface area contributed by atoms with Crippen molar-refractivity contribution in [2.75, 3.05) is 12.3 Å². The first-order valence-electron chi connectivity index (χ1n) is 8.02. The summed E-state index contributed by atoms with van der Waals surface area (Å²) < 4.78 is 27.1. The number of rotatable bonds is 8. The fourth-order valence-electron chi connectivity index (χ4n) is 3.16. The van der Waals surface area contributed by atoms with Gasteiger partial charge in [0.05, 0.1) is 5.75 Å². The molecule has 120 valence electrons. The fraction of sp³-hybridized carbons (Fsp3) is 1.00. The molecule has 4 nitrogen and oxygen atoms in total. The quantitative estimate of drug-likeness (QED) is 0.677. The van der Waals surface area contributed by atoms with Gasteiger partial charge in [-0.2, -0.15) is 0 Å². The summed E-state index contributed by atoms with van der Waals surface area (Å²) in [6.45, 7) is 9.53. The van der Waals surface area contributed by atoms with E-state index in [-0.39, 0.29) is 11.8 Å². The maximum atomic E-state index is 12.1. The van der Waals surface area contributed by atoms with Gasteiger partial charge < -0.3 is 5.32 Å². The summed E-state index contributed by atoms with van der Waals surface area (Å²) in [6, 6.07) is 0.613. The van der Waals surface area contributed by atoms with E-state index < -0.39 is 10.0 Å². The molecule has 5 heteroatoms. The molecule has 2 N–H and O–H groups in total. The van der Waals surface area contributed by atoms with Crippen LogP contribution in [0.3, 0.4) is 0 Å². The lowest BCUT2D eigenvalue weighted by Gasteiger charge is -2.31. The van der Waals surface area contributed by atoms with E-state index in [0.29, 0.717) is 17.9 Å². The Kier molecular flexibility index (Phi) is 7.48. The van der Waals surface area contributed by atoms with E-state index in [4.69, 9.17) is 0 Å². The van der Waals surface area contributed by atoms with E-state index in [0.717, 1.165) is 32.2 Å². The predicted octanol–water partition coefficient (Wildman–Crippen LogP) is 2.51. The van der Waals surface area contributed by atoms with Crippen LogP contribution in [0.2, 0.25) is 0 Å². The van der Waals surface area contributed by atoms with Gasteiger partial charge in [-0.05, 0) is 50.5 Å². The fourth-order valence-corrected chi connectivity index (χ4v) is 4.57. The topological polar surface area (TPSA) is 58.2 Å². The minimum absolute atomic E-state index is 0.146. The zero-order valence-electron chi connectivity index (χ0n) is 13.5. The van der Waals surface area contributed by atoms with Gasteiger partial charge in [-0.3, -0.25) is 0 Å². The van der Waals surface area contributed by atoms with Gasteiger partial charge in [0.1, 0.15) is 0 Å². The van der Waals surface area contributed by atoms with Gasteiger partial charge in [0.15, 0.2) is 0 Å². The molecular weight excluding hydrogens is 272 g/mol. The van der Waals surface area contributed by atoms with Crippen molar-refractivity contribution in [3.05, 3.63) is 0 Å². The molecule has 2 atom stereocenters. The van der Waals surface area contributed by atoms with Crippen molar-refractivity contribution < 1.29 is 8.42 Å². The van der Waals surface area contributed by atoms with Gasteiger partial charge in [0.25, 0.3) is 0 Å². The summed E-state index contributed by atoms with van der Waals surface area (Å²) >= 11 is 0. The monoisotopic (exact) mass is 304 g/mol. The molecule has 1 aliphatic carbocycles. The van der Waals surface area contributed by atoms with Crippen LogP contribution in [-0.2, 0) is 10.0 Å². The summed E-state index contributed by atoms with van der Waals surface area (Å²) in [4.78, 5) is 0. The lowest BCUT2D eigenvalue weighted by Crippen LogP contribution is -2.41. The maximum absolute atomic E-state index is 12.1. The van der Waals surface area contributed by atoms with Crippen molar-refractivity contribution in [2.24, 2.45) is 11.8 Å².